The van der Waals surface area contributed by atoms with Crippen LogP contribution in [0.15, 0.2) is 29.4 Å². The fraction of sp³-hybridized carbons (Fsp3) is 0.438. The highest BCUT2D eigenvalue weighted by Gasteiger charge is 2.07. The first kappa shape index (κ1) is 17.3. The zero-order valence-electron chi connectivity index (χ0n) is 13.7. The molecule has 1 unspecified atom stereocenters. The average molecular weight is 333 g/mol. The molecule has 0 aliphatic carbocycles. The summed E-state index contributed by atoms with van der Waals surface area (Å²) < 4.78 is 0. The third-order valence-electron chi connectivity index (χ3n) is 3.47. The van der Waals surface area contributed by atoms with Crippen LogP contribution in [-0.2, 0) is 6.42 Å². The topological polar surface area (TPSA) is 82.7 Å². The number of rotatable bonds is 7. The molecule has 3 N–H and O–H groups in total. The summed E-state index contributed by atoms with van der Waals surface area (Å²) >= 11 is 1.85. The number of hydrogen-bond donors (Lipinski definition) is 3. The van der Waals surface area contributed by atoms with E-state index in [0.717, 1.165) is 23.5 Å². The molecule has 1 aromatic carbocycles. The van der Waals surface area contributed by atoms with E-state index in [4.69, 9.17) is 0 Å². The summed E-state index contributed by atoms with van der Waals surface area (Å²) in [7, 11) is 0. The molecule has 2 amide bonds. The number of aryl methyl sites for hydroxylation is 1. The van der Waals surface area contributed by atoms with Gasteiger partial charge in [-0.05, 0) is 37.1 Å². The molecule has 0 radical (unpaired) electrons. The van der Waals surface area contributed by atoms with Gasteiger partial charge in [-0.3, -0.25) is 5.10 Å². The Morgan fingerprint density at radius 3 is 2.91 bits per heavy atom. The number of thioether (sulfide) groups is 1. The van der Waals surface area contributed by atoms with Gasteiger partial charge in [0, 0.05) is 28.8 Å². The molecule has 0 spiro atoms. The van der Waals surface area contributed by atoms with Crippen LogP contribution in [0.4, 0.5) is 10.5 Å². The summed E-state index contributed by atoms with van der Waals surface area (Å²) in [5, 5.41) is 12.8. The highest BCUT2D eigenvalue weighted by atomic mass is 32.2. The number of nitrogens with one attached hydrogen (secondary N) is 3. The van der Waals surface area contributed by atoms with E-state index in [1.54, 1.807) is 0 Å². The first-order valence-corrected chi connectivity index (χ1v) is 8.63. The van der Waals surface area contributed by atoms with Gasteiger partial charge in [-0.15, -0.1) is 11.8 Å². The van der Waals surface area contributed by atoms with Crippen LogP contribution in [0.25, 0.3) is 0 Å². The average Bonchev–Trinajstić information content (AvgIpc) is 3.03. The molecule has 0 aliphatic rings. The van der Waals surface area contributed by atoms with Gasteiger partial charge in [0.15, 0.2) is 0 Å². The smallest absolute Gasteiger partial charge is 0.319 e. The number of aromatic nitrogens is 3. The van der Waals surface area contributed by atoms with Crippen LogP contribution >= 0.6 is 11.8 Å². The van der Waals surface area contributed by atoms with Crippen molar-refractivity contribution in [2.75, 3.05) is 11.9 Å². The van der Waals surface area contributed by atoms with Crippen molar-refractivity contribution in [2.24, 2.45) is 0 Å². The summed E-state index contributed by atoms with van der Waals surface area (Å²) in [6.45, 7) is 6.91. The fourth-order valence-corrected chi connectivity index (χ4v) is 3.00. The Morgan fingerprint density at radius 1 is 1.43 bits per heavy atom. The number of aromatic amines is 1. The lowest BCUT2D eigenvalue weighted by Crippen LogP contribution is -2.30. The van der Waals surface area contributed by atoms with Crippen molar-refractivity contribution in [1.82, 2.24) is 20.5 Å². The molecule has 0 saturated heterocycles. The predicted molar refractivity (Wildman–Crippen MR) is 93.9 cm³/mol. The Hall–Kier alpha value is -2.02. The third-order valence-corrected chi connectivity index (χ3v) is 4.73. The maximum absolute atomic E-state index is 11.9. The lowest BCUT2D eigenvalue weighted by atomic mass is 10.2. The maximum atomic E-state index is 11.9. The number of benzene rings is 1. The number of urea groups is 1. The van der Waals surface area contributed by atoms with Crippen LogP contribution < -0.4 is 10.6 Å². The SMILES string of the molecule is CCC(C)Sc1ccc(NC(=O)NCCc2ncn[nH]2)c(C)c1. The van der Waals surface area contributed by atoms with Crippen LogP contribution in [0.5, 0.6) is 0 Å². The summed E-state index contributed by atoms with van der Waals surface area (Å²) in [6.07, 6.45) is 3.21. The van der Waals surface area contributed by atoms with E-state index < -0.39 is 0 Å². The molecule has 1 atom stereocenters. The van der Waals surface area contributed by atoms with Crippen LogP contribution in [0.2, 0.25) is 0 Å². The predicted octanol–water partition coefficient (Wildman–Crippen LogP) is 3.37. The van der Waals surface area contributed by atoms with Crippen molar-refractivity contribution < 1.29 is 4.79 Å². The summed E-state index contributed by atoms with van der Waals surface area (Å²) in [4.78, 5) is 17.2. The van der Waals surface area contributed by atoms with E-state index in [9.17, 15) is 4.79 Å². The molecule has 2 aromatic rings. The number of H-pyrrole nitrogens is 1. The number of nitrogens with zero attached hydrogens (tertiary/aromatic N) is 2. The lowest BCUT2D eigenvalue weighted by Gasteiger charge is -2.13. The van der Waals surface area contributed by atoms with Crippen molar-refractivity contribution in [3.05, 3.63) is 35.9 Å². The summed E-state index contributed by atoms with van der Waals surface area (Å²) in [5.41, 5.74) is 1.89. The standard InChI is InChI=1S/C16H23N5OS/c1-4-12(3)23-13-5-6-14(11(2)9-13)20-16(22)17-8-7-15-18-10-19-21-15/h5-6,9-10,12H,4,7-8H2,1-3H3,(H2,17,20,22)(H,18,19,21). The first-order chi connectivity index (χ1) is 11.1. The van der Waals surface area contributed by atoms with Crippen LogP contribution in [0.1, 0.15) is 31.7 Å². The minimum Gasteiger partial charge on any atom is -0.337 e. The third kappa shape index (κ3) is 5.59. The van der Waals surface area contributed by atoms with Crippen molar-refractivity contribution >= 4 is 23.5 Å². The molecule has 1 aromatic heterocycles. The minimum absolute atomic E-state index is 0.213. The molecule has 0 aliphatic heterocycles. The molecule has 124 valence electrons. The highest BCUT2D eigenvalue weighted by Crippen LogP contribution is 2.28. The Kier molecular flexibility index (Phi) is 6.46. The van der Waals surface area contributed by atoms with Gasteiger partial charge in [0.1, 0.15) is 12.2 Å². The molecule has 6 nitrogen and oxygen atoms in total. The Balaban J connectivity index is 1.83. The Bertz CT molecular complexity index is 629. The molecule has 0 saturated carbocycles. The normalized spacial score (nSPS) is 12.0. The number of carbonyl (C=O) groups excluding carboxylic acids is 1. The second-order valence-electron chi connectivity index (χ2n) is 5.38. The van der Waals surface area contributed by atoms with Crippen molar-refractivity contribution in [2.45, 2.75) is 43.8 Å². The molecule has 7 heteroatoms. The molecule has 0 bridgehead atoms. The second kappa shape index (κ2) is 8.57. The molecule has 23 heavy (non-hydrogen) atoms. The van der Waals surface area contributed by atoms with E-state index in [1.807, 2.05) is 30.8 Å². The number of amides is 2. The van der Waals surface area contributed by atoms with E-state index in [1.165, 1.54) is 11.2 Å². The lowest BCUT2D eigenvalue weighted by molar-refractivity contribution is 0.252. The minimum atomic E-state index is -0.213. The summed E-state index contributed by atoms with van der Waals surface area (Å²) in [6, 6.07) is 5.90. The highest BCUT2D eigenvalue weighted by molar-refractivity contribution is 7.99. The van der Waals surface area contributed by atoms with E-state index in [2.05, 4.69) is 45.7 Å². The van der Waals surface area contributed by atoms with Crippen molar-refractivity contribution in [1.29, 1.82) is 0 Å². The molecular weight excluding hydrogens is 310 g/mol. The van der Waals surface area contributed by atoms with E-state index in [0.29, 0.717) is 18.2 Å². The zero-order valence-corrected chi connectivity index (χ0v) is 14.5. The zero-order chi connectivity index (χ0) is 16.7. The number of anilines is 1. The van der Waals surface area contributed by atoms with Crippen LogP contribution in [0.3, 0.4) is 0 Å². The van der Waals surface area contributed by atoms with E-state index >= 15 is 0 Å². The molecule has 0 fully saturated rings. The number of hydrogen-bond acceptors (Lipinski definition) is 4. The van der Waals surface area contributed by atoms with Crippen molar-refractivity contribution in [3.63, 3.8) is 0 Å². The molecule has 2 rings (SSSR count). The van der Waals surface area contributed by atoms with Gasteiger partial charge < -0.3 is 10.6 Å². The van der Waals surface area contributed by atoms with Gasteiger partial charge >= 0.3 is 6.03 Å². The molecular formula is C16H23N5OS. The van der Waals surface area contributed by atoms with Gasteiger partial charge in [-0.1, -0.05) is 13.8 Å². The quantitative estimate of drug-likeness (QED) is 0.678. The Labute approximate surface area is 140 Å². The van der Waals surface area contributed by atoms with Crippen LogP contribution in [0, 0.1) is 6.92 Å². The van der Waals surface area contributed by atoms with Gasteiger partial charge in [-0.2, -0.15) is 5.10 Å². The van der Waals surface area contributed by atoms with Gasteiger partial charge in [-0.25, -0.2) is 9.78 Å². The first-order valence-electron chi connectivity index (χ1n) is 7.75. The van der Waals surface area contributed by atoms with Crippen molar-refractivity contribution in [3.8, 4) is 0 Å². The number of carbonyl (C=O) groups is 1. The van der Waals surface area contributed by atoms with Gasteiger partial charge in [0.2, 0.25) is 0 Å². The Morgan fingerprint density at radius 2 is 2.26 bits per heavy atom. The largest absolute Gasteiger partial charge is 0.337 e. The van der Waals surface area contributed by atoms with Gasteiger partial charge in [0.25, 0.3) is 0 Å². The fourth-order valence-electron chi connectivity index (χ4n) is 1.98. The monoisotopic (exact) mass is 333 g/mol. The summed E-state index contributed by atoms with van der Waals surface area (Å²) in [5.74, 6) is 0.757. The second-order valence-corrected chi connectivity index (χ2v) is 6.89. The van der Waals surface area contributed by atoms with Crippen LogP contribution in [-0.4, -0.2) is 33.0 Å². The van der Waals surface area contributed by atoms with Gasteiger partial charge in [0.05, 0.1) is 0 Å². The maximum Gasteiger partial charge on any atom is 0.319 e. The van der Waals surface area contributed by atoms with E-state index in [-0.39, 0.29) is 6.03 Å². The molecule has 1 heterocycles.